The number of nitrogens with zero attached hydrogens (tertiary/aromatic N) is 1. The van der Waals surface area contributed by atoms with E-state index in [1.54, 1.807) is 12.1 Å². The van der Waals surface area contributed by atoms with E-state index in [4.69, 9.17) is 4.42 Å². The lowest BCUT2D eigenvalue weighted by atomic mass is 10.0. The summed E-state index contributed by atoms with van der Waals surface area (Å²) in [4.78, 5) is 14.8. The highest BCUT2D eigenvalue weighted by molar-refractivity contribution is 5.87. The van der Waals surface area contributed by atoms with E-state index in [0.717, 1.165) is 6.07 Å². The molecule has 0 amide bonds. The number of hydrogen-bond donors (Lipinski definition) is 3. The van der Waals surface area contributed by atoms with Gasteiger partial charge in [0.05, 0.1) is 5.56 Å². The molecule has 3 N–H and O–H groups in total. The highest BCUT2D eigenvalue weighted by atomic mass is 16.3. The van der Waals surface area contributed by atoms with Crippen molar-refractivity contribution in [1.29, 1.82) is 0 Å². The second-order valence-electron chi connectivity index (χ2n) is 5.98. The molecule has 0 aliphatic heterocycles. The van der Waals surface area contributed by atoms with Crippen LogP contribution >= 0.6 is 0 Å². The molecule has 6 heteroatoms. The monoisotopic (exact) mass is 371 g/mol. The first-order chi connectivity index (χ1) is 12.9. The van der Waals surface area contributed by atoms with Gasteiger partial charge in [0.1, 0.15) is 34.5 Å². The van der Waals surface area contributed by atoms with Crippen LogP contribution in [0.25, 0.3) is 22.1 Å². The molecule has 144 valence electrons. The van der Waals surface area contributed by atoms with E-state index in [-0.39, 0.29) is 33.8 Å². The van der Waals surface area contributed by atoms with E-state index in [9.17, 15) is 20.1 Å². The second-order valence-corrected chi connectivity index (χ2v) is 5.98. The van der Waals surface area contributed by atoms with Crippen molar-refractivity contribution in [3.63, 3.8) is 0 Å². The molecule has 0 unspecified atom stereocenters. The Labute approximate surface area is 157 Å². The van der Waals surface area contributed by atoms with Gasteiger partial charge in [0, 0.05) is 12.1 Å². The molecule has 6 nitrogen and oxygen atoms in total. The molecular weight excluding hydrogens is 346 g/mol. The lowest BCUT2D eigenvalue weighted by molar-refractivity contribution is 0.321. The van der Waals surface area contributed by atoms with Gasteiger partial charge >= 0.3 is 0 Å². The first-order valence-electron chi connectivity index (χ1n) is 8.90. The summed E-state index contributed by atoms with van der Waals surface area (Å²) < 4.78 is 5.29. The SMILES string of the molecule is CCN(CC)CC.O=c1c(-c2ccc(O)cc2)coc2cc(O)cc(O)c12. The van der Waals surface area contributed by atoms with Gasteiger partial charge in [-0.15, -0.1) is 0 Å². The van der Waals surface area contributed by atoms with Crippen LogP contribution in [0.3, 0.4) is 0 Å². The van der Waals surface area contributed by atoms with Gasteiger partial charge in [-0.05, 0) is 37.3 Å². The topological polar surface area (TPSA) is 94.1 Å². The molecule has 0 bridgehead atoms. The molecule has 3 aromatic rings. The largest absolute Gasteiger partial charge is 0.508 e. The molecule has 2 aromatic carbocycles. The van der Waals surface area contributed by atoms with Crippen molar-refractivity contribution < 1.29 is 19.7 Å². The zero-order valence-corrected chi connectivity index (χ0v) is 15.8. The van der Waals surface area contributed by atoms with Crippen molar-refractivity contribution in [3.05, 3.63) is 52.9 Å². The van der Waals surface area contributed by atoms with E-state index in [1.165, 1.54) is 44.1 Å². The minimum Gasteiger partial charge on any atom is -0.508 e. The van der Waals surface area contributed by atoms with Crippen LogP contribution < -0.4 is 5.43 Å². The smallest absolute Gasteiger partial charge is 0.204 e. The molecule has 0 radical (unpaired) electrons. The number of benzene rings is 2. The van der Waals surface area contributed by atoms with Crippen LogP contribution in [-0.2, 0) is 0 Å². The van der Waals surface area contributed by atoms with Crippen LogP contribution in [-0.4, -0.2) is 39.9 Å². The molecule has 0 saturated carbocycles. The van der Waals surface area contributed by atoms with E-state index in [2.05, 4.69) is 25.7 Å². The van der Waals surface area contributed by atoms with E-state index in [0.29, 0.717) is 5.56 Å². The zero-order valence-electron chi connectivity index (χ0n) is 15.8. The number of phenolic OH excluding ortho intramolecular Hbond substituents is 3. The lowest BCUT2D eigenvalue weighted by Crippen LogP contribution is -2.21. The van der Waals surface area contributed by atoms with Crippen LogP contribution in [0.2, 0.25) is 0 Å². The van der Waals surface area contributed by atoms with Gasteiger partial charge in [-0.25, -0.2) is 0 Å². The van der Waals surface area contributed by atoms with Gasteiger partial charge in [0.15, 0.2) is 0 Å². The minimum atomic E-state index is -0.408. The highest BCUT2D eigenvalue weighted by Gasteiger charge is 2.13. The summed E-state index contributed by atoms with van der Waals surface area (Å²) in [5.74, 6) is -0.434. The lowest BCUT2D eigenvalue weighted by Gasteiger charge is -2.13. The Hall–Kier alpha value is -2.99. The van der Waals surface area contributed by atoms with Gasteiger partial charge in [-0.1, -0.05) is 32.9 Å². The van der Waals surface area contributed by atoms with Gasteiger partial charge in [0.2, 0.25) is 5.43 Å². The molecular formula is C21H25NO5. The molecule has 0 aliphatic carbocycles. The predicted molar refractivity (Wildman–Crippen MR) is 106 cm³/mol. The van der Waals surface area contributed by atoms with Gasteiger partial charge in [0.25, 0.3) is 0 Å². The van der Waals surface area contributed by atoms with Gasteiger partial charge in [-0.2, -0.15) is 0 Å². The molecule has 27 heavy (non-hydrogen) atoms. The normalized spacial score (nSPS) is 10.7. The Bertz CT molecular complexity index is 938. The van der Waals surface area contributed by atoms with Crippen LogP contribution in [0.5, 0.6) is 17.2 Å². The minimum absolute atomic E-state index is 0.00775. The van der Waals surface area contributed by atoms with Crippen molar-refractivity contribution in [2.24, 2.45) is 0 Å². The molecule has 3 rings (SSSR count). The summed E-state index contributed by atoms with van der Waals surface area (Å²) in [6.07, 6.45) is 1.26. The number of aromatic hydroxyl groups is 3. The third-order valence-electron chi connectivity index (χ3n) is 4.36. The summed E-state index contributed by atoms with van der Waals surface area (Å²) >= 11 is 0. The molecule has 1 aromatic heterocycles. The number of phenols is 3. The molecule has 0 atom stereocenters. The standard InChI is InChI=1S/C15H10O5.C6H15N/c16-9-3-1-8(2-4-9)11-7-20-13-6-10(17)5-12(18)14(13)15(11)19;1-4-7(5-2)6-3/h1-7,16-18H;4-6H2,1-3H3. The maximum Gasteiger partial charge on any atom is 0.204 e. The average molecular weight is 371 g/mol. The maximum atomic E-state index is 12.4. The van der Waals surface area contributed by atoms with Crippen molar-refractivity contribution in [3.8, 4) is 28.4 Å². The van der Waals surface area contributed by atoms with Crippen molar-refractivity contribution in [2.75, 3.05) is 19.6 Å². The third kappa shape index (κ3) is 4.80. The first-order valence-corrected chi connectivity index (χ1v) is 8.90. The zero-order chi connectivity index (χ0) is 20.0. The fourth-order valence-corrected chi connectivity index (χ4v) is 2.73. The van der Waals surface area contributed by atoms with Crippen LogP contribution in [0.15, 0.2) is 51.9 Å². The Morgan fingerprint density at radius 3 is 2.00 bits per heavy atom. The number of rotatable bonds is 4. The third-order valence-corrected chi connectivity index (χ3v) is 4.36. The Morgan fingerprint density at radius 1 is 0.889 bits per heavy atom. The number of fused-ring (bicyclic) bond motifs is 1. The second kappa shape index (κ2) is 9.09. The van der Waals surface area contributed by atoms with Crippen molar-refractivity contribution in [1.82, 2.24) is 4.90 Å². The van der Waals surface area contributed by atoms with E-state index in [1.807, 2.05) is 0 Å². The van der Waals surface area contributed by atoms with E-state index >= 15 is 0 Å². The van der Waals surface area contributed by atoms with Crippen molar-refractivity contribution in [2.45, 2.75) is 20.8 Å². The highest BCUT2D eigenvalue weighted by Crippen LogP contribution is 2.29. The van der Waals surface area contributed by atoms with Gasteiger partial charge in [-0.3, -0.25) is 4.79 Å². The fraction of sp³-hybridized carbons (Fsp3) is 0.286. The van der Waals surface area contributed by atoms with Crippen molar-refractivity contribution >= 4 is 11.0 Å². The summed E-state index contributed by atoms with van der Waals surface area (Å²) in [6.45, 7) is 10.1. The number of hydrogen-bond acceptors (Lipinski definition) is 6. The van der Waals surface area contributed by atoms with Crippen LogP contribution in [0.1, 0.15) is 20.8 Å². The van der Waals surface area contributed by atoms with Gasteiger partial charge < -0.3 is 24.6 Å². The Kier molecular flexibility index (Phi) is 6.85. The Balaban J connectivity index is 0.000000321. The molecule has 1 heterocycles. The maximum absolute atomic E-state index is 12.4. The average Bonchev–Trinajstić information content (AvgIpc) is 2.64. The fourth-order valence-electron chi connectivity index (χ4n) is 2.73. The predicted octanol–water partition coefficient (Wildman–Crippen LogP) is 3.92. The van der Waals surface area contributed by atoms with E-state index < -0.39 is 5.43 Å². The van der Waals surface area contributed by atoms with Crippen LogP contribution in [0.4, 0.5) is 0 Å². The Morgan fingerprint density at radius 2 is 1.48 bits per heavy atom. The first kappa shape index (κ1) is 20.3. The summed E-state index contributed by atoms with van der Waals surface area (Å²) in [5.41, 5.74) is 0.522. The summed E-state index contributed by atoms with van der Waals surface area (Å²) in [6, 6.07) is 8.40. The molecule has 0 saturated heterocycles. The molecule has 0 spiro atoms. The summed E-state index contributed by atoms with van der Waals surface area (Å²) in [5, 5.41) is 28.4. The van der Waals surface area contributed by atoms with Crippen LogP contribution in [0, 0.1) is 0 Å². The summed E-state index contributed by atoms with van der Waals surface area (Å²) in [7, 11) is 0. The quantitative estimate of drug-likeness (QED) is 0.643. The molecule has 0 fully saturated rings. The molecule has 0 aliphatic rings.